The van der Waals surface area contributed by atoms with Crippen LogP contribution in [0.25, 0.3) is 0 Å². The van der Waals surface area contributed by atoms with Crippen LogP contribution in [0.4, 0.5) is 0 Å². The predicted octanol–water partition coefficient (Wildman–Crippen LogP) is 0.668. The van der Waals surface area contributed by atoms with Gasteiger partial charge in [0.25, 0.3) is 0 Å². The van der Waals surface area contributed by atoms with Crippen LogP contribution in [-0.4, -0.2) is 45.6 Å². The van der Waals surface area contributed by atoms with Crippen molar-refractivity contribution < 1.29 is 24.8 Å². The van der Waals surface area contributed by atoms with Gasteiger partial charge in [0, 0.05) is 0 Å². The molecule has 0 heterocycles. The number of hydrogen-bond acceptors (Lipinski definition) is 5. The van der Waals surface area contributed by atoms with Gasteiger partial charge in [-0.3, -0.25) is 0 Å². The van der Waals surface area contributed by atoms with Gasteiger partial charge in [-0.25, -0.2) is 0 Å². The van der Waals surface area contributed by atoms with Gasteiger partial charge < -0.3 is 24.8 Å². The number of rotatable bonds is 6. The minimum Gasteiger partial charge on any atom is -0.423 e. The van der Waals surface area contributed by atoms with Crippen LogP contribution in [0, 0.1) is 0 Å². The minimum atomic E-state index is -1.60. The molecular weight excluding hydrogens is 318 g/mol. The van der Waals surface area contributed by atoms with E-state index in [4.69, 9.17) is 4.65 Å². The molecule has 4 N–H and O–H groups in total. The molecule has 0 saturated heterocycles. The Morgan fingerprint density at radius 3 is 2.00 bits per heavy atom. The van der Waals surface area contributed by atoms with Crippen molar-refractivity contribution in [2.45, 2.75) is 76.9 Å². The third-order valence-electron chi connectivity index (χ3n) is 5.54. The maximum atomic E-state index is 10.6. The quantitative estimate of drug-likeness (QED) is 0.568. The van der Waals surface area contributed by atoms with Gasteiger partial charge in [0.15, 0.2) is 0 Å². The van der Waals surface area contributed by atoms with Gasteiger partial charge >= 0.3 is 14.2 Å². The summed E-state index contributed by atoms with van der Waals surface area (Å²) < 4.78 is 5.71. The Morgan fingerprint density at radius 2 is 1.48 bits per heavy atom. The molecule has 1 fully saturated rings. The highest BCUT2D eigenvalue weighted by molar-refractivity contribution is 6.63. The molecule has 1 saturated carbocycles. The fraction of sp³-hybridized carbons (Fsp3) is 0.667. The van der Waals surface area contributed by atoms with Gasteiger partial charge in [0.1, 0.15) is 0 Å². The van der Waals surface area contributed by atoms with Crippen molar-refractivity contribution in [2.24, 2.45) is 0 Å². The van der Waals surface area contributed by atoms with E-state index in [1.807, 2.05) is 6.07 Å². The average Bonchev–Trinajstić information content (AvgIpc) is 2.53. The lowest BCUT2D eigenvalue weighted by Crippen LogP contribution is -2.53. The monoisotopic (exact) mass is 348 g/mol. The van der Waals surface area contributed by atoms with Crippen LogP contribution in [0.1, 0.15) is 71.3 Å². The topological polar surface area (TPSA) is 90.2 Å². The molecular formula is C18H30B2O5. The molecule has 2 rings (SSSR count). The zero-order valence-corrected chi connectivity index (χ0v) is 15.7. The Balaban J connectivity index is 2.30. The lowest BCUT2D eigenvalue weighted by atomic mass is 9.69. The van der Waals surface area contributed by atoms with Crippen LogP contribution in [-0.2, 0) is 4.65 Å². The number of hydrogen-bond donors (Lipinski definition) is 4. The predicted molar refractivity (Wildman–Crippen MR) is 101 cm³/mol. The molecule has 0 aliphatic heterocycles. The second kappa shape index (κ2) is 7.80. The summed E-state index contributed by atoms with van der Waals surface area (Å²) in [6.45, 7) is 6.67. The Kier molecular flexibility index (Phi) is 6.39. The van der Waals surface area contributed by atoms with Gasteiger partial charge in [0.05, 0.1) is 11.2 Å². The Hall–Kier alpha value is -0.850. The van der Waals surface area contributed by atoms with E-state index in [-0.39, 0.29) is 0 Å². The van der Waals surface area contributed by atoms with Crippen molar-refractivity contribution in [3.63, 3.8) is 0 Å². The van der Waals surface area contributed by atoms with E-state index in [1.165, 1.54) is 6.42 Å². The molecule has 1 aromatic carbocycles. The summed E-state index contributed by atoms with van der Waals surface area (Å²) in [5, 5.41) is 40.0. The standard InChI is InChI=1S/C18H30B2O5/c1-17(2,21)18(3,4)25-20(24)16-11-14(10-15(12-16)19(22)23)13-8-6-5-7-9-13/h10-13,21-24H,5-9H2,1-4H3. The van der Waals surface area contributed by atoms with Crippen molar-refractivity contribution >= 4 is 25.2 Å². The fourth-order valence-corrected chi connectivity index (χ4v) is 3.16. The molecule has 0 aromatic heterocycles. The minimum absolute atomic E-state index is 0.349. The van der Waals surface area contributed by atoms with Gasteiger partial charge in [0.2, 0.25) is 0 Å². The third kappa shape index (κ3) is 5.08. The first kappa shape index (κ1) is 20.5. The third-order valence-corrected chi connectivity index (χ3v) is 5.54. The van der Waals surface area contributed by atoms with Crippen molar-refractivity contribution in [2.75, 3.05) is 0 Å². The molecule has 1 aromatic rings. The molecule has 7 heteroatoms. The average molecular weight is 348 g/mol. The summed E-state index contributed by atoms with van der Waals surface area (Å²) in [6, 6.07) is 5.23. The fourth-order valence-electron chi connectivity index (χ4n) is 3.16. The number of aliphatic hydroxyl groups is 1. The van der Waals surface area contributed by atoms with Crippen molar-refractivity contribution in [1.29, 1.82) is 0 Å². The zero-order chi connectivity index (χ0) is 18.8. The summed E-state index contributed by atoms with van der Waals surface area (Å²) >= 11 is 0. The Labute approximate surface area is 151 Å². The van der Waals surface area contributed by atoms with E-state index >= 15 is 0 Å². The first-order valence-electron chi connectivity index (χ1n) is 9.10. The van der Waals surface area contributed by atoms with Crippen molar-refractivity contribution in [3.05, 3.63) is 23.8 Å². The smallest absolute Gasteiger partial charge is 0.423 e. The van der Waals surface area contributed by atoms with Crippen LogP contribution < -0.4 is 10.9 Å². The largest absolute Gasteiger partial charge is 0.491 e. The van der Waals surface area contributed by atoms with Crippen molar-refractivity contribution in [3.8, 4) is 0 Å². The van der Waals surface area contributed by atoms with E-state index in [9.17, 15) is 20.2 Å². The van der Waals surface area contributed by atoms with E-state index in [2.05, 4.69) is 0 Å². The molecule has 138 valence electrons. The summed E-state index contributed by atoms with van der Waals surface area (Å²) in [5.41, 5.74) is -0.297. The molecule has 0 atom stereocenters. The lowest BCUT2D eigenvalue weighted by Gasteiger charge is -2.38. The SMILES string of the molecule is CC(C)(O)C(C)(C)OB(O)c1cc(B(O)O)cc(C2CCCCC2)c1. The van der Waals surface area contributed by atoms with Gasteiger partial charge in [-0.05, 0) is 62.9 Å². The summed E-state index contributed by atoms with van der Waals surface area (Å²) in [4.78, 5) is 0. The van der Waals surface area contributed by atoms with E-state index in [1.54, 1.807) is 39.8 Å². The van der Waals surface area contributed by atoms with E-state index in [0.29, 0.717) is 16.8 Å². The Bertz CT molecular complexity index is 577. The van der Waals surface area contributed by atoms with Gasteiger partial charge in [-0.15, -0.1) is 0 Å². The van der Waals surface area contributed by atoms with Gasteiger partial charge in [-0.1, -0.05) is 37.5 Å². The molecule has 0 bridgehead atoms. The summed E-state index contributed by atoms with van der Waals surface area (Å²) in [5.74, 6) is 0.362. The number of benzene rings is 1. The lowest BCUT2D eigenvalue weighted by molar-refractivity contribution is -0.0982. The highest BCUT2D eigenvalue weighted by Crippen LogP contribution is 2.32. The summed E-state index contributed by atoms with van der Waals surface area (Å²) in [7, 11) is -2.86. The highest BCUT2D eigenvalue weighted by Gasteiger charge is 2.39. The maximum Gasteiger partial charge on any atom is 0.491 e. The molecule has 1 aliphatic rings. The van der Waals surface area contributed by atoms with Crippen molar-refractivity contribution in [1.82, 2.24) is 0 Å². The Morgan fingerprint density at radius 1 is 0.920 bits per heavy atom. The van der Waals surface area contributed by atoms with E-state index in [0.717, 1.165) is 31.2 Å². The molecule has 0 spiro atoms. The summed E-state index contributed by atoms with van der Waals surface area (Å²) in [6.07, 6.45) is 5.69. The molecule has 1 aliphatic carbocycles. The molecule has 25 heavy (non-hydrogen) atoms. The van der Waals surface area contributed by atoms with Crippen LogP contribution in [0.5, 0.6) is 0 Å². The first-order valence-corrected chi connectivity index (χ1v) is 9.10. The second-order valence-corrected chi connectivity index (χ2v) is 8.18. The normalized spacial score (nSPS) is 16.8. The van der Waals surface area contributed by atoms with Gasteiger partial charge in [-0.2, -0.15) is 0 Å². The van der Waals surface area contributed by atoms with E-state index < -0.39 is 25.4 Å². The van der Waals surface area contributed by atoms with Crippen LogP contribution in [0.3, 0.4) is 0 Å². The molecule has 0 radical (unpaired) electrons. The zero-order valence-electron chi connectivity index (χ0n) is 15.7. The second-order valence-electron chi connectivity index (χ2n) is 8.18. The molecule has 5 nitrogen and oxygen atoms in total. The van der Waals surface area contributed by atoms with Crippen LogP contribution in [0.2, 0.25) is 0 Å². The van der Waals surface area contributed by atoms with Crippen LogP contribution >= 0.6 is 0 Å². The highest BCUT2D eigenvalue weighted by atomic mass is 16.5. The maximum absolute atomic E-state index is 10.6. The van der Waals surface area contributed by atoms with Crippen LogP contribution in [0.15, 0.2) is 18.2 Å². The first-order chi connectivity index (χ1) is 11.5. The molecule has 0 amide bonds. The molecule has 0 unspecified atom stereocenters.